The predicted octanol–water partition coefficient (Wildman–Crippen LogP) is 1.86. The minimum Gasteiger partial charge on any atom is -0.382 e. The maximum absolute atomic E-state index is 14.8. The fraction of sp³-hybridized carbons (Fsp3) is 0.324. The van der Waals surface area contributed by atoms with Gasteiger partial charge < -0.3 is 20.7 Å². The molecule has 0 bridgehead atoms. The van der Waals surface area contributed by atoms with Crippen LogP contribution in [0.4, 0.5) is 15.8 Å². The van der Waals surface area contributed by atoms with Crippen molar-refractivity contribution in [3.8, 4) is 11.9 Å². The molecule has 5 heterocycles. The van der Waals surface area contributed by atoms with Gasteiger partial charge in [0.15, 0.2) is 11.5 Å². The number of anilines is 2. The van der Waals surface area contributed by atoms with Gasteiger partial charge in [-0.15, -0.1) is 0 Å². The molecule has 0 radical (unpaired) electrons. The van der Waals surface area contributed by atoms with E-state index in [0.717, 1.165) is 17.7 Å². The minimum absolute atomic E-state index is 0.0179. The fourth-order valence-corrected chi connectivity index (χ4v) is 5.95. The topological polar surface area (TPSA) is 213 Å². The maximum atomic E-state index is 14.8. The van der Waals surface area contributed by atoms with Gasteiger partial charge in [-0.05, 0) is 37.5 Å². The first-order valence-corrected chi connectivity index (χ1v) is 16.3. The van der Waals surface area contributed by atoms with Crippen LogP contribution in [0.25, 0.3) is 16.9 Å². The lowest BCUT2D eigenvalue weighted by Gasteiger charge is -2.27. The number of nitrogens with one attached hydrogen (secondary N) is 4. The molecule has 2 unspecified atom stereocenters. The standard InChI is InChI=1S/C34H31FN10O6/c35-20(17-51-9-8-37-24-3-1-2-22-29(24)34(50)44(33(22)49)26-6-7-28(46)43-32(26)48)15-40-31(47)23-16-38-27(11-25(23)42-21-4-5-21)45-30-19(14-41-45)10-18(12-36)13-39-30/h1-3,10-11,13-14,16,20-21,26,37H,4-9,15,17H2,(H,38,42)(H,40,47)(H,43,46,48). The summed E-state index contributed by atoms with van der Waals surface area (Å²) in [4.78, 5) is 72.9. The number of hydrogen-bond acceptors (Lipinski definition) is 12. The lowest BCUT2D eigenvalue weighted by atomic mass is 10.0. The predicted molar refractivity (Wildman–Crippen MR) is 178 cm³/mol. The summed E-state index contributed by atoms with van der Waals surface area (Å²) in [6, 6.07) is 9.22. The van der Waals surface area contributed by atoms with E-state index in [1.807, 2.05) is 6.07 Å². The molecule has 51 heavy (non-hydrogen) atoms. The van der Waals surface area contributed by atoms with Crippen molar-refractivity contribution in [2.24, 2.45) is 0 Å². The van der Waals surface area contributed by atoms with E-state index in [0.29, 0.717) is 33.8 Å². The Labute approximate surface area is 289 Å². The Morgan fingerprint density at radius 1 is 1.08 bits per heavy atom. The largest absolute Gasteiger partial charge is 0.382 e. The number of carbonyl (C=O) groups excluding carboxylic acids is 5. The van der Waals surface area contributed by atoms with Gasteiger partial charge in [0.1, 0.15) is 18.3 Å². The molecule has 7 rings (SSSR count). The number of alkyl halides is 1. The van der Waals surface area contributed by atoms with Crippen LogP contribution in [0, 0.1) is 11.3 Å². The number of amides is 5. The number of hydrogen-bond donors (Lipinski definition) is 4. The fourth-order valence-electron chi connectivity index (χ4n) is 5.95. The molecule has 0 spiro atoms. The first kappa shape index (κ1) is 33.2. The number of rotatable bonds is 13. The van der Waals surface area contributed by atoms with Gasteiger partial charge in [0.2, 0.25) is 11.8 Å². The Bertz CT molecular complexity index is 2130. The van der Waals surface area contributed by atoms with Crippen molar-refractivity contribution in [1.29, 1.82) is 5.26 Å². The molecule has 1 saturated heterocycles. The van der Waals surface area contributed by atoms with Crippen LogP contribution in [0.1, 0.15) is 62.3 Å². The van der Waals surface area contributed by atoms with E-state index in [-0.39, 0.29) is 61.9 Å². The first-order chi connectivity index (χ1) is 24.7. The van der Waals surface area contributed by atoms with Crippen molar-refractivity contribution in [2.75, 3.05) is 36.9 Å². The average Bonchev–Trinajstić information content (AvgIpc) is 3.78. The summed E-state index contributed by atoms with van der Waals surface area (Å²) in [5, 5.41) is 25.3. The minimum atomic E-state index is -1.52. The molecule has 2 atom stereocenters. The number of benzene rings is 1. The number of halogens is 1. The van der Waals surface area contributed by atoms with Crippen molar-refractivity contribution in [1.82, 2.24) is 35.3 Å². The van der Waals surface area contributed by atoms with Crippen LogP contribution in [0.15, 0.2) is 48.9 Å². The molecule has 16 nitrogen and oxygen atoms in total. The van der Waals surface area contributed by atoms with Crippen LogP contribution >= 0.6 is 0 Å². The molecule has 260 valence electrons. The highest BCUT2D eigenvalue weighted by molar-refractivity contribution is 6.25. The number of nitriles is 1. The summed E-state index contributed by atoms with van der Waals surface area (Å²) < 4.78 is 21.8. The van der Waals surface area contributed by atoms with Gasteiger partial charge in [-0.1, -0.05) is 6.07 Å². The molecular formula is C34H31FN10O6. The van der Waals surface area contributed by atoms with Crippen LogP contribution < -0.4 is 21.3 Å². The van der Waals surface area contributed by atoms with E-state index in [9.17, 15) is 28.4 Å². The van der Waals surface area contributed by atoms with E-state index in [2.05, 4.69) is 36.3 Å². The van der Waals surface area contributed by atoms with E-state index >= 15 is 0 Å². The molecule has 17 heteroatoms. The molecular weight excluding hydrogens is 663 g/mol. The summed E-state index contributed by atoms with van der Waals surface area (Å²) in [5.41, 5.74) is 2.26. The van der Waals surface area contributed by atoms with Gasteiger partial charge in [-0.2, -0.15) is 15.0 Å². The monoisotopic (exact) mass is 694 g/mol. The lowest BCUT2D eigenvalue weighted by molar-refractivity contribution is -0.136. The number of aromatic nitrogens is 4. The van der Waals surface area contributed by atoms with Crippen molar-refractivity contribution in [2.45, 2.75) is 43.9 Å². The smallest absolute Gasteiger partial charge is 0.264 e. The number of pyridine rings is 2. The summed E-state index contributed by atoms with van der Waals surface area (Å²) in [7, 11) is 0. The van der Waals surface area contributed by atoms with Crippen LogP contribution in [0.5, 0.6) is 0 Å². The highest BCUT2D eigenvalue weighted by Gasteiger charge is 2.45. The van der Waals surface area contributed by atoms with Crippen LogP contribution in [-0.4, -0.2) is 98.7 Å². The van der Waals surface area contributed by atoms with Crippen molar-refractivity contribution >= 4 is 51.9 Å². The van der Waals surface area contributed by atoms with Crippen LogP contribution in [0.2, 0.25) is 0 Å². The molecule has 2 fully saturated rings. The van der Waals surface area contributed by atoms with Crippen molar-refractivity contribution < 1.29 is 33.1 Å². The maximum Gasteiger partial charge on any atom is 0.264 e. The second kappa shape index (κ2) is 13.9. The van der Waals surface area contributed by atoms with E-state index < -0.39 is 41.7 Å². The Morgan fingerprint density at radius 3 is 2.71 bits per heavy atom. The lowest BCUT2D eigenvalue weighted by Crippen LogP contribution is -2.54. The number of imide groups is 2. The highest BCUT2D eigenvalue weighted by atomic mass is 19.1. The zero-order chi connectivity index (χ0) is 35.6. The van der Waals surface area contributed by atoms with Gasteiger partial charge in [0, 0.05) is 48.5 Å². The average molecular weight is 695 g/mol. The second-order valence-corrected chi connectivity index (χ2v) is 12.3. The van der Waals surface area contributed by atoms with Crippen molar-refractivity contribution in [3.63, 3.8) is 0 Å². The van der Waals surface area contributed by atoms with Gasteiger partial charge >= 0.3 is 0 Å². The van der Waals surface area contributed by atoms with Crippen molar-refractivity contribution in [3.05, 3.63) is 71.2 Å². The zero-order valence-corrected chi connectivity index (χ0v) is 27.0. The van der Waals surface area contributed by atoms with E-state index in [1.165, 1.54) is 23.1 Å². The molecule has 1 saturated carbocycles. The number of piperidine rings is 1. The third-order valence-corrected chi connectivity index (χ3v) is 8.64. The van der Waals surface area contributed by atoms with E-state index in [4.69, 9.17) is 10.00 Å². The normalized spacial score (nSPS) is 17.6. The molecule has 1 aliphatic carbocycles. The molecule has 3 aliphatic rings. The zero-order valence-electron chi connectivity index (χ0n) is 27.0. The molecule has 5 amide bonds. The van der Waals surface area contributed by atoms with Crippen LogP contribution in [-0.2, 0) is 14.3 Å². The summed E-state index contributed by atoms with van der Waals surface area (Å²) in [6.07, 6.45) is 4.85. The quantitative estimate of drug-likeness (QED) is 0.117. The summed E-state index contributed by atoms with van der Waals surface area (Å²) in [5.74, 6) is -2.52. The summed E-state index contributed by atoms with van der Waals surface area (Å²) in [6.45, 7) is -0.408. The molecule has 1 aromatic carbocycles. The van der Waals surface area contributed by atoms with Gasteiger partial charge in [-0.3, -0.25) is 34.2 Å². The number of nitrogens with zero attached hydrogens (tertiary/aromatic N) is 6. The number of fused-ring (bicyclic) bond motifs is 2. The Hall–Kier alpha value is -6.28. The van der Waals surface area contributed by atoms with Gasteiger partial charge in [0.25, 0.3) is 17.7 Å². The SMILES string of the molecule is N#Cc1cnc2c(cnn2-c2cc(NC3CC3)c(C(=O)NCC(F)COCCNc3cccc4c3C(=O)N(C3CCC(=O)NC3=O)C4=O)cn2)c1. The third kappa shape index (κ3) is 6.81. The Kier molecular flexibility index (Phi) is 9.07. The summed E-state index contributed by atoms with van der Waals surface area (Å²) >= 11 is 0. The molecule has 3 aromatic heterocycles. The number of carbonyl (C=O) groups is 5. The number of ether oxygens (including phenoxy) is 1. The molecule has 4 aromatic rings. The van der Waals surface area contributed by atoms with Gasteiger partial charge in [-0.25, -0.2) is 14.4 Å². The van der Waals surface area contributed by atoms with Crippen LogP contribution in [0.3, 0.4) is 0 Å². The Balaban J connectivity index is 0.909. The van der Waals surface area contributed by atoms with E-state index in [1.54, 1.807) is 30.5 Å². The van der Waals surface area contributed by atoms with Gasteiger partial charge in [0.05, 0.1) is 53.9 Å². The molecule has 2 aliphatic heterocycles. The first-order valence-electron chi connectivity index (χ1n) is 16.3. The molecule has 4 N–H and O–H groups in total. The third-order valence-electron chi connectivity index (χ3n) is 8.64. The Morgan fingerprint density at radius 2 is 1.92 bits per heavy atom. The second-order valence-electron chi connectivity index (χ2n) is 12.3. The highest BCUT2D eigenvalue weighted by Crippen LogP contribution is 2.32.